The average molecular weight is 618 g/mol. The number of hydrogen-bond donors (Lipinski definition) is 1. The molecule has 0 unspecified atom stereocenters. The lowest BCUT2D eigenvalue weighted by molar-refractivity contribution is -0.384. The molecule has 0 fully saturated rings. The zero-order valence-corrected chi connectivity index (χ0v) is 24.5. The quantitative estimate of drug-likeness (QED) is 0.0457. The molecule has 0 aliphatic heterocycles. The Morgan fingerprint density at radius 3 is 2.02 bits per heavy atom. The maximum absolute atomic E-state index is 13.1. The monoisotopic (exact) mass is 617 g/mol. The fraction of sp³-hybridized carbons (Fsp3) is 0. The molecule has 1 aromatic heterocycles. The number of benzene rings is 5. The van der Waals surface area contributed by atoms with Crippen LogP contribution in [-0.4, -0.2) is 26.8 Å². The van der Waals surface area contributed by atoms with Gasteiger partial charge < -0.3 is 10.1 Å². The molecule has 226 valence electrons. The van der Waals surface area contributed by atoms with Crippen molar-refractivity contribution in [3.8, 4) is 34.3 Å². The van der Waals surface area contributed by atoms with E-state index >= 15 is 0 Å². The fourth-order valence-corrected chi connectivity index (χ4v) is 4.78. The summed E-state index contributed by atoms with van der Waals surface area (Å²) >= 11 is 0. The number of nitrogens with zero attached hydrogens (tertiary/aromatic N) is 4. The van der Waals surface area contributed by atoms with Crippen LogP contribution >= 0.6 is 0 Å². The molecule has 1 heterocycles. The average Bonchev–Trinajstić information content (AvgIpc) is 3.11. The highest BCUT2D eigenvalue weighted by Gasteiger charge is 2.16. The summed E-state index contributed by atoms with van der Waals surface area (Å²) in [6.45, 7) is 0. The van der Waals surface area contributed by atoms with Crippen LogP contribution in [0, 0.1) is 21.4 Å². The lowest BCUT2D eigenvalue weighted by atomic mass is 10.0. The maximum atomic E-state index is 13.1. The first-order valence-electron chi connectivity index (χ1n) is 14.3. The molecule has 0 saturated carbocycles. The molecule has 6 rings (SSSR count). The number of nitrogens with one attached hydrogen (secondary N) is 1. The van der Waals surface area contributed by atoms with E-state index in [1.54, 1.807) is 30.3 Å². The standard InChI is InChI=1S/C37H23N5O5/c38-23-28(36(43)39-29-12-7-13-30(22-29)42(45)46)20-24-14-17-31(18-15-24)47-37(44)27-16-19-32-33(21-27)41-35(26-10-5-2-6-11-26)34(40-32)25-8-3-1-4-9-25/h1-22H,(H,39,43)/b28-20+. The summed E-state index contributed by atoms with van der Waals surface area (Å²) < 4.78 is 5.59. The number of hydrogen-bond acceptors (Lipinski definition) is 8. The molecule has 10 heteroatoms. The normalized spacial score (nSPS) is 11.0. The number of ether oxygens (including phenoxy) is 1. The Balaban J connectivity index is 1.20. The van der Waals surface area contributed by atoms with Gasteiger partial charge in [-0.2, -0.15) is 5.26 Å². The van der Waals surface area contributed by atoms with Crippen LogP contribution in [0.15, 0.2) is 133 Å². The number of non-ortho nitro benzene ring substituents is 1. The highest BCUT2D eigenvalue weighted by molar-refractivity contribution is 6.09. The van der Waals surface area contributed by atoms with Crippen molar-refractivity contribution in [1.82, 2.24) is 9.97 Å². The summed E-state index contributed by atoms with van der Waals surface area (Å²) in [4.78, 5) is 46.0. The van der Waals surface area contributed by atoms with Gasteiger partial charge in [-0.1, -0.05) is 78.9 Å². The molecular formula is C37H23N5O5. The molecule has 0 aliphatic rings. The Morgan fingerprint density at radius 2 is 1.40 bits per heavy atom. The van der Waals surface area contributed by atoms with E-state index in [-0.39, 0.29) is 28.3 Å². The van der Waals surface area contributed by atoms with Gasteiger partial charge in [-0.05, 0) is 48.0 Å². The second kappa shape index (κ2) is 13.3. The van der Waals surface area contributed by atoms with E-state index in [9.17, 15) is 25.0 Å². The number of nitro benzene ring substituents is 1. The highest BCUT2D eigenvalue weighted by Crippen LogP contribution is 2.31. The van der Waals surface area contributed by atoms with E-state index in [1.165, 1.54) is 42.5 Å². The largest absolute Gasteiger partial charge is 0.423 e. The summed E-state index contributed by atoms with van der Waals surface area (Å²) in [7, 11) is 0. The van der Waals surface area contributed by atoms with Gasteiger partial charge in [-0.25, -0.2) is 14.8 Å². The van der Waals surface area contributed by atoms with Crippen molar-refractivity contribution >= 4 is 40.4 Å². The lowest BCUT2D eigenvalue weighted by Gasteiger charge is -2.11. The number of nitro groups is 1. The molecule has 0 bridgehead atoms. The molecule has 10 nitrogen and oxygen atoms in total. The smallest absolute Gasteiger partial charge is 0.343 e. The van der Waals surface area contributed by atoms with E-state index < -0.39 is 16.8 Å². The minimum Gasteiger partial charge on any atom is -0.423 e. The van der Waals surface area contributed by atoms with E-state index in [4.69, 9.17) is 14.7 Å². The number of carbonyl (C=O) groups is 2. The number of rotatable bonds is 8. The Morgan fingerprint density at radius 1 is 0.766 bits per heavy atom. The fourth-order valence-electron chi connectivity index (χ4n) is 4.78. The van der Waals surface area contributed by atoms with Gasteiger partial charge in [-0.3, -0.25) is 14.9 Å². The Bertz CT molecular complexity index is 2210. The minimum absolute atomic E-state index is 0.181. The number of aromatic nitrogens is 2. The van der Waals surface area contributed by atoms with Crippen LogP contribution in [0.25, 0.3) is 39.6 Å². The van der Waals surface area contributed by atoms with Crippen LogP contribution in [0.3, 0.4) is 0 Å². The van der Waals surface area contributed by atoms with Crippen molar-refractivity contribution in [2.45, 2.75) is 0 Å². The summed E-state index contributed by atoms with van der Waals surface area (Å²) in [5.74, 6) is -1.07. The molecule has 0 atom stereocenters. The minimum atomic E-state index is -0.728. The zero-order valence-electron chi connectivity index (χ0n) is 24.5. The Kier molecular flexibility index (Phi) is 8.53. The van der Waals surface area contributed by atoms with Crippen molar-refractivity contribution in [2.24, 2.45) is 0 Å². The predicted molar refractivity (Wildman–Crippen MR) is 177 cm³/mol. The van der Waals surface area contributed by atoms with Crippen molar-refractivity contribution in [3.05, 3.63) is 154 Å². The molecule has 0 aliphatic carbocycles. The molecular weight excluding hydrogens is 594 g/mol. The molecule has 47 heavy (non-hydrogen) atoms. The third-order valence-electron chi connectivity index (χ3n) is 7.08. The van der Waals surface area contributed by atoms with Gasteiger partial charge in [0.25, 0.3) is 11.6 Å². The molecule has 0 saturated heterocycles. The Hall–Kier alpha value is -6.99. The van der Waals surface area contributed by atoms with Gasteiger partial charge in [0.15, 0.2) is 0 Å². The van der Waals surface area contributed by atoms with E-state index in [0.29, 0.717) is 22.3 Å². The summed E-state index contributed by atoms with van der Waals surface area (Å²) in [5.41, 5.74) is 4.95. The number of amides is 1. The van der Waals surface area contributed by atoms with Gasteiger partial charge >= 0.3 is 5.97 Å². The van der Waals surface area contributed by atoms with Crippen LogP contribution < -0.4 is 10.1 Å². The van der Waals surface area contributed by atoms with Crippen molar-refractivity contribution in [2.75, 3.05) is 5.32 Å². The highest BCUT2D eigenvalue weighted by atomic mass is 16.6. The number of anilines is 1. The number of esters is 1. The van der Waals surface area contributed by atoms with E-state index in [2.05, 4.69) is 5.32 Å². The summed E-state index contributed by atoms with van der Waals surface area (Å²) in [6, 6.07) is 38.0. The second-order valence-electron chi connectivity index (χ2n) is 10.2. The number of fused-ring (bicyclic) bond motifs is 1. The van der Waals surface area contributed by atoms with Crippen molar-refractivity contribution < 1.29 is 19.2 Å². The van der Waals surface area contributed by atoms with Gasteiger partial charge in [0.1, 0.15) is 17.4 Å². The van der Waals surface area contributed by atoms with Gasteiger partial charge in [0.05, 0.1) is 32.9 Å². The zero-order chi connectivity index (χ0) is 32.8. The first kappa shape index (κ1) is 30.1. The SMILES string of the molecule is N#C/C(=C\c1ccc(OC(=O)c2ccc3nc(-c4ccccc4)c(-c4ccccc4)nc3c2)cc1)C(=O)Nc1cccc([N+](=O)[O-])c1. The van der Waals surface area contributed by atoms with Crippen LogP contribution in [-0.2, 0) is 4.79 Å². The van der Waals surface area contributed by atoms with Gasteiger partial charge in [0.2, 0.25) is 0 Å². The first-order chi connectivity index (χ1) is 22.9. The first-order valence-corrected chi connectivity index (χ1v) is 14.3. The second-order valence-corrected chi connectivity index (χ2v) is 10.2. The molecule has 1 N–H and O–H groups in total. The van der Waals surface area contributed by atoms with Gasteiger partial charge in [0, 0.05) is 28.9 Å². The third-order valence-corrected chi connectivity index (χ3v) is 7.08. The topological polar surface area (TPSA) is 148 Å². The van der Waals surface area contributed by atoms with Crippen LogP contribution in [0.1, 0.15) is 15.9 Å². The molecule has 0 radical (unpaired) electrons. The van der Waals surface area contributed by atoms with E-state index in [1.807, 2.05) is 66.7 Å². The summed E-state index contributed by atoms with van der Waals surface area (Å²) in [5, 5.41) is 23.0. The molecule has 6 aromatic rings. The number of carbonyl (C=O) groups excluding carboxylic acids is 2. The maximum Gasteiger partial charge on any atom is 0.343 e. The van der Waals surface area contributed by atoms with Crippen molar-refractivity contribution in [1.29, 1.82) is 5.26 Å². The predicted octanol–water partition coefficient (Wildman–Crippen LogP) is 7.64. The Labute approximate surface area is 268 Å². The third kappa shape index (κ3) is 6.90. The molecule has 0 spiro atoms. The lowest BCUT2D eigenvalue weighted by Crippen LogP contribution is -2.13. The summed E-state index contributed by atoms with van der Waals surface area (Å²) in [6.07, 6.45) is 1.36. The number of nitriles is 1. The molecule has 5 aromatic carbocycles. The van der Waals surface area contributed by atoms with Crippen LogP contribution in [0.4, 0.5) is 11.4 Å². The van der Waals surface area contributed by atoms with Crippen molar-refractivity contribution in [3.63, 3.8) is 0 Å². The van der Waals surface area contributed by atoms with Crippen LogP contribution in [0.2, 0.25) is 0 Å². The van der Waals surface area contributed by atoms with Crippen LogP contribution in [0.5, 0.6) is 5.75 Å². The van der Waals surface area contributed by atoms with Gasteiger partial charge in [-0.15, -0.1) is 0 Å². The van der Waals surface area contributed by atoms with E-state index in [0.717, 1.165) is 16.8 Å². The molecule has 1 amide bonds.